The number of aryl methyl sites for hydroxylation is 2. The number of hydrogen-bond donors (Lipinski definition) is 1. The standard InChI is InChI=1S/C25H21ClIN3O4S/c1-13-5-7-18(12-20(13)27)30-14(2)9-16(15(30)3)10-22(24(31)32)35-25-29-28-23(34-25)19-11-17(26)6-8-21(19)33-4/h5-12H,1-4H3,(H,31,32)/b22-10-. The highest BCUT2D eigenvalue weighted by atomic mass is 127. The van der Waals surface area contributed by atoms with Crippen molar-refractivity contribution in [2.45, 2.75) is 26.0 Å². The first-order chi connectivity index (χ1) is 16.7. The van der Waals surface area contributed by atoms with Gasteiger partial charge < -0.3 is 18.8 Å². The van der Waals surface area contributed by atoms with Crippen molar-refractivity contribution in [3.05, 3.63) is 78.5 Å². The first-order valence-electron chi connectivity index (χ1n) is 10.4. The molecule has 4 aromatic rings. The minimum atomic E-state index is -1.09. The van der Waals surface area contributed by atoms with E-state index in [1.165, 1.54) is 12.7 Å². The van der Waals surface area contributed by atoms with Crippen LogP contribution in [0.3, 0.4) is 0 Å². The molecule has 0 atom stereocenters. The minimum absolute atomic E-state index is 0.0528. The zero-order valence-electron chi connectivity index (χ0n) is 19.3. The number of nitrogens with zero attached hydrogens (tertiary/aromatic N) is 3. The third kappa shape index (κ3) is 5.41. The summed E-state index contributed by atoms with van der Waals surface area (Å²) in [5.41, 5.74) is 5.47. The number of ether oxygens (including phenoxy) is 1. The summed E-state index contributed by atoms with van der Waals surface area (Å²) in [6.07, 6.45) is 1.62. The molecule has 180 valence electrons. The summed E-state index contributed by atoms with van der Waals surface area (Å²) >= 11 is 9.30. The average Bonchev–Trinajstić information content (AvgIpc) is 3.39. The number of hydrogen-bond acceptors (Lipinski definition) is 6. The molecule has 0 fully saturated rings. The van der Waals surface area contributed by atoms with Crippen molar-refractivity contribution in [3.8, 4) is 22.9 Å². The van der Waals surface area contributed by atoms with E-state index in [1.807, 2.05) is 19.9 Å². The van der Waals surface area contributed by atoms with Crippen LogP contribution in [0.5, 0.6) is 5.75 Å². The Morgan fingerprint density at radius 2 is 1.94 bits per heavy atom. The van der Waals surface area contributed by atoms with Gasteiger partial charge in [-0.05, 0) is 109 Å². The number of thioether (sulfide) groups is 1. The van der Waals surface area contributed by atoms with E-state index in [0.29, 0.717) is 16.3 Å². The number of halogens is 2. The predicted molar refractivity (Wildman–Crippen MR) is 145 cm³/mol. The molecule has 0 unspecified atom stereocenters. The SMILES string of the molecule is COc1ccc(Cl)cc1-c1nnc(S/C(=C\c2cc(C)n(-c3ccc(C)c(I)c3)c2C)C(=O)O)o1. The number of aliphatic carboxylic acids is 1. The summed E-state index contributed by atoms with van der Waals surface area (Å²) in [5, 5.41) is 18.5. The third-order valence-corrected chi connectivity index (χ3v) is 7.63. The van der Waals surface area contributed by atoms with E-state index in [2.05, 4.69) is 62.5 Å². The lowest BCUT2D eigenvalue weighted by Crippen LogP contribution is -2.00. The Bertz CT molecular complexity index is 1460. The predicted octanol–water partition coefficient (Wildman–Crippen LogP) is 6.94. The summed E-state index contributed by atoms with van der Waals surface area (Å²) in [7, 11) is 1.53. The van der Waals surface area contributed by atoms with Crippen LogP contribution in [0.25, 0.3) is 23.2 Å². The molecule has 4 rings (SSSR count). The van der Waals surface area contributed by atoms with E-state index >= 15 is 0 Å². The van der Waals surface area contributed by atoms with Gasteiger partial charge >= 0.3 is 5.97 Å². The zero-order chi connectivity index (χ0) is 25.3. The summed E-state index contributed by atoms with van der Waals surface area (Å²) in [6.45, 7) is 6.02. The Labute approximate surface area is 225 Å². The maximum Gasteiger partial charge on any atom is 0.342 e. The first kappa shape index (κ1) is 25.3. The maximum absolute atomic E-state index is 12.1. The molecule has 0 aliphatic rings. The van der Waals surface area contributed by atoms with Crippen molar-refractivity contribution in [1.82, 2.24) is 14.8 Å². The number of benzene rings is 2. The van der Waals surface area contributed by atoms with Crippen LogP contribution in [-0.4, -0.2) is 33.0 Å². The van der Waals surface area contributed by atoms with Crippen LogP contribution in [-0.2, 0) is 4.79 Å². The molecule has 1 N–H and O–H groups in total. The van der Waals surface area contributed by atoms with Crippen LogP contribution < -0.4 is 4.74 Å². The van der Waals surface area contributed by atoms with Crippen molar-refractivity contribution in [1.29, 1.82) is 0 Å². The fourth-order valence-corrected chi connectivity index (χ4v) is 4.96. The van der Waals surface area contributed by atoms with E-state index in [-0.39, 0.29) is 16.0 Å². The molecule has 0 saturated heterocycles. The van der Waals surface area contributed by atoms with Gasteiger partial charge in [0.05, 0.1) is 12.7 Å². The highest BCUT2D eigenvalue weighted by Crippen LogP contribution is 2.35. The maximum atomic E-state index is 12.1. The van der Waals surface area contributed by atoms with E-state index < -0.39 is 5.97 Å². The summed E-state index contributed by atoms with van der Waals surface area (Å²) < 4.78 is 14.3. The Morgan fingerprint density at radius 1 is 1.17 bits per heavy atom. The Morgan fingerprint density at radius 3 is 2.63 bits per heavy atom. The molecular formula is C25H21ClIN3O4S. The Balaban J connectivity index is 1.67. The normalized spacial score (nSPS) is 11.7. The molecule has 0 radical (unpaired) electrons. The molecule has 0 aliphatic heterocycles. The Hall–Kier alpha value is -2.76. The Kier molecular flexibility index (Phi) is 7.58. The van der Waals surface area contributed by atoms with E-state index in [0.717, 1.165) is 38.0 Å². The van der Waals surface area contributed by atoms with E-state index in [4.69, 9.17) is 20.8 Å². The first-order valence-corrected chi connectivity index (χ1v) is 12.7. The quantitative estimate of drug-likeness (QED) is 0.136. The van der Waals surface area contributed by atoms with Crippen LogP contribution in [0.2, 0.25) is 5.02 Å². The van der Waals surface area contributed by atoms with Gasteiger partial charge in [-0.2, -0.15) is 0 Å². The van der Waals surface area contributed by atoms with Crippen molar-refractivity contribution in [2.75, 3.05) is 7.11 Å². The lowest BCUT2D eigenvalue weighted by molar-refractivity contribution is -0.131. The van der Waals surface area contributed by atoms with Crippen molar-refractivity contribution in [3.63, 3.8) is 0 Å². The highest BCUT2D eigenvalue weighted by Gasteiger charge is 2.20. The number of methoxy groups -OCH3 is 1. The molecular weight excluding hydrogens is 601 g/mol. The lowest BCUT2D eigenvalue weighted by Gasteiger charge is -2.11. The van der Waals surface area contributed by atoms with Crippen molar-refractivity contribution >= 4 is 58.0 Å². The van der Waals surface area contributed by atoms with Crippen LogP contribution in [0.1, 0.15) is 22.5 Å². The number of carbonyl (C=O) groups is 1. The van der Waals surface area contributed by atoms with Gasteiger partial charge in [0.15, 0.2) is 0 Å². The van der Waals surface area contributed by atoms with Gasteiger partial charge in [0.2, 0.25) is 0 Å². The molecule has 0 spiro atoms. The average molecular weight is 622 g/mol. The number of carboxylic acids is 1. The fourth-order valence-electron chi connectivity index (χ4n) is 3.63. The number of carboxylic acid groups (broad SMARTS) is 1. The van der Waals surface area contributed by atoms with Crippen LogP contribution >= 0.6 is 46.0 Å². The monoisotopic (exact) mass is 621 g/mol. The molecule has 2 aromatic heterocycles. The summed E-state index contributed by atoms with van der Waals surface area (Å²) in [5.74, 6) is -0.393. The lowest BCUT2D eigenvalue weighted by atomic mass is 10.2. The fraction of sp³-hybridized carbons (Fsp3) is 0.160. The molecule has 0 amide bonds. The highest BCUT2D eigenvalue weighted by molar-refractivity contribution is 14.1. The molecule has 0 saturated carbocycles. The minimum Gasteiger partial charge on any atom is -0.496 e. The van der Waals surface area contributed by atoms with Gasteiger partial charge in [0.25, 0.3) is 11.1 Å². The zero-order valence-corrected chi connectivity index (χ0v) is 23.0. The molecule has 10 heteroatoms. The van der Waals surface area contributed by atoms with Gasteiger partial charge in [0, 0.05) is 25.7 Å². The second-order valence-corrected chi connectivity index (χ2v) is 10.3. The van der Waals surface area contributed by atoms with E-state index in [9.17, 15) is 9.90 Å². The van der Waals surface area contributed by atoms with Gasteiger partial charge in [-0.25, -0.2) is 4.79 Å². The van der Waals surface area contributed by atoms with Crippen molar-refractivity contribution in [2.24, 2.45) is 0 Å². The molecule has 7 nitrogen and oxygen atoms in total. The molecule has 2 aromatic carbocycles. The largest absolute Gasteiger partial charge is 0.496 e. The topological polar surface area (TPSA) is 90.4 Å². The van der Waals surface area contributed by atoms with E-state index in [1.54, 1.807) is 24.3 Å². The molecule has 35 heavy (non-hydrogen) atoms. The summed E-state index contributed by atoms with van der Waals surface area (Å²) in [6, 6.07) is 13.2. The smallest absolute Gasteiger partial charge is 0.342 e. The number of rotatable bonds is 7. The van der Waals surface area contributed by atoms with Crippen molar-refractivity contribution < 1.29 is 19.1 Å². The van der Waals surface area contributed by atoms with Gasteiger partial charge in [-0.3, -0.25) is 0 Å². The van der Waals surface area contributed by atoms with Crippen LogP contribution in [0, 0.1) is 24.3 Å². The van der Waals surface area contributed by atoms with Crippen LogP contribution in [0.4, 0.5) is 0 Å². The number of aromatic nitrogens is 3. The van der Waals surface area contributed by atoms with Gasteiger partial charge in [-0.1, -0.05) is 17.7 Å². The second kappa shape index (κ2) is 10.5. The molecule has 0 aliphatic carbocycles. The molecule has 0 bridgehead atoms. The van der Waals surface area contributed by atoms with Gasteiger partial charge in [0.1, 0.15) is 10.7 Å². The third-order valence-electron chi connectivity index (χ3n) is 5.38. The summed E-state index contributed by atoms with van der Waals surface area (Å²) in [4.78, 5) is 12.1. The van der Waals surface area contributed by atoms with Gasteiger partial charge in [-0.15, -0.1) is 10.2 Å². The van der Waals surface area contributed by atoms with Crippen LogP contribution in [0.15, 0.2) is 57.0 Å². The second-order valence-electron chi connectivity index (χ2n) is 7.73. The molecule has 2 heterocycles.